The number of benzene rings is 1. The van der Waals surface area contributed by atoms with Crippen LogP contribution in [0.5, 0.6) is 0 Å². The van der Waals surface area contributed by atoms with Crippen LogP contribution < -0.4 is 16.6 Å². The van der Waals surface area contributed by atoms with Crippen molar-refractivity contribution >= 4 is 28.4 Å². The SMILES string of the molecule is CNc1c(C(C)=N)nc(Cn2cnc3c(N)ncnc32)n(-c2ccccc2C)c1=O. The third-order valence-electron chi connectivity index (χ3n) is 4.86. The summed E-state index contributed by atoms with van der Waals surface area (Å²) < 4.78 is 3.32. The monoisotopic (exact) mass is 403 g/mol. The van der Waals surface area contributed by atoms with E-state index in [-0.39, 0.29) is 29.3 Å². The maximum Gasteiger partial charge on any atom is 0.282 e. The van der Waals surface area contributed by atoms with Gasteiger partial charge in [-0.05, 0) is 25.5 Å². The van der Waals surface area contributed by atoms with E-state index in [2.05, 4.69) is 25.3 Å². The Morgan fingerprint density at radius 3 is 2.70 bits per heavy atom. The van der Waals surface area contributed by atoms with E-state index in [0.717, 1.165) is 5.56 Å². The molecule has 0 radical (unpaired) electrons. The molecule has 0 saturated heterocycles. The van der Waals surface area contributed by atoms with Crippen LogP contribution in [0.3, 0.4) is 0 Å². The van der Waals surface area contributed by atoms with Gasteiger partial charge in [0.05, 0.1) is 24.3 Å². The van der Waals surface area contributed by atoms with E-state index in [9.17, 15) is 4.79 Å². The van der Waals surface area contributed by atoms with E-state index in [4.69, 9.17) is 11.1 Å². The van der Waals surface area contributed by atoms with Crippen LogP contribution in [0.25, 0.3) is 16.9 Å². The molecule has 0 saturated carbocycles. The van der Waals surface area contributed by atoms with Gasteiger partial charge in [-0.25, -0.2) is 19.9 Å². The Hall–Kier alpha value is -4.08. The quantitative estimate of drug-likeness (QED) is 0.431. The number of aromatic nitrogens is 6. The molecule has 3 aromatic heterocycles. The summed E-state index contributed by atoms with van der Waals surface area (Å²) in [4.78, 5) is 30.6. The molecular formula is C20H21N9O. The molecule has 3 heterocycles. The second-order valence-electron chi connectivity index (χ2n) is 6.86. The highest BCUT2D eigenvalue weighted by atomic mass is 16.1. The number of imidazole rings is 1. The summed E-state index contributed by atoms with van der Waals surface area (Å²) in [5.74, 6) is 0.732. The number of para-hydroxylation sites is 1. The van der Waals surface area contributed by atoms with Crippen LogP contribution in [-0.4, -0.2) is 41.8 Å². The molecule has 152 valence electrons. The van der Waals surface area contributed by atoms with Crippen LogP contribution in [0.2, 0.25) is 0 Å². The van der Waals surface area contributed by atoms with Gasteiger partial charge < -0.3 is 21.0 Å². The molecule has 0 aliphatic rings. The summed E-state index contributed by atoms with van der Waals surface area (Å²) in [6.45, 7) is 3.74. The van der Waals surface area contributed by atoms with Gasteiger partial charge in [-0.2, -0.15) is 0 Å². The zero-order valence-electron chi connectivity index (χ0n) is 16.8. The lowest BCUT2D eigenvalue weighted by atomic mass is 10.1. The fourth-order valence-electron chi connectivity index (χ4n) is 3.40. The molecule has 10 nitrogen and oxygen atoms in total. The molecule has 0 unspecified atom stereocenters. The molecule has 0 spiro atoms. The highest BCUT2D eigenvalue weighted by Crippen LogP contribution is 2.20. The lowest BCUT2D eigenvalue weighted by molar-refractivity contribution is 0.707. The molecule has 0 atom stereocenters. The predicted octanol–water partition coefficient (Wildman–Crippen LogP) is 1.74. The molecule has 1 aromatic carbocycles. The van der Waals surface area contributed by atoms with E-state index in [0.29, 0.717) is 28.4 Å². The molecule has 4 N–H and O–H groups in total. The Bertz CT molecular complexity index is 1340. The lowest BCUT2D eigenvalue weighted by Gasteiger charge is -2.18. The Balaban J connectivity index is 2.00. The first-order valence-electron chi connectivity index (χ1n) is 9.29. The first kappa shape index (κ1) is 19.2. The number of fused-ring (bicyclic) bond motifs is 1. The van der Waals surface area contributed by atoms with E-state index in [1.54, 1.807) is 29.4 Å². The van der Waals surface area contributed by atoms with Gasteiger partial charge in [-0.1, -0.05) is 18.2 Å². The van der Waals surface area contributed by atoms with Crippen LogP contribution in [-0.2, 0) is 6.54 Å². The van der Waals surface area contributed by atoms with Crippen molar-refractivity contribution in [2.75, 3.05) is 18.1 Å². The standard InChI is InChI=1S/C20H21N9O/c1-11-6-4-5-7-13(11)29-14(27-15(12(2)21)16(23-3)20(29)30)8-28-10-26-17-18(22)24-9-25-19(17)28/h4-7,9-10,21,23H,8H2,1-3H3,(H2,22,24,25). The molecule has 10 heteroatoms. The van der Waals surface area contributed by atoms with Crippen LogP contribution in [0.15, 0.2) is 41.7 Å². The summed E-state index contributed by atoms with van der Waals surface area (Å²) in [6.07, 6.45) is 2.96. The van der Waals surface area contributed by atoms with Gasteiger partial charge in [0.1, 0.15) is 29.0 Å². The van der Waals surface area contributed by atoms with E-state index in [1.807, 2.05) is 31.2 Å². The minimum absolute atomic E-state index is 0.191. The number of nitrogens with two attached hydrogens (primary N) is 1. The van der Waals surface area contributed by atoms with Crippen LogP contribution in [0.4, 0.5) is 11.5 Å². The minimum Gasteiger partial charge on any atom is -0.382 e. The van der Waals surface area contributed by atoms with Crippen LogP contribution >= 0.6 is 0 Å². The zero-order chi connectivity index (χ0) is 21.4. The molecule has 0 aliphatic heterocycles. The fourth-order valence-corrected chi connectivity index (χ4v) is 3.40. The molecule has 0 amide bonds. The summed E-state index contributed by atoms with van der Waals surface area (Å²) in [6, 6.07) is 7.58. The van der Waals surface area contributed by atoms with E-state index in [1.165, 1.54) is 6.33 Å². The van der Waals surface area contributed by atoms with Crippen molar-refractivity contribution < 1.29 is 0 Å². The number of anilines is 2. The maximum atomic E-state index is 13.4. The Labute approximate surface area is 172 Å². The second-order valence-corrected chi connectivity index (χ2v) is 6.86. The van der Waals surface area contributed by atoms with Crippen molar-refractivity contribution in [3.8, 4) is 5.69 Å². The molecule has 0 aliphatic carbocycles. The fraction of sp³-hybridized carbons (Fsp3) is 0.200. The summed E-state index contributed by atoms with van der Waals surface area (Å²) in [7, 11) is 1.65. The number of nitrogens with one attached hydrogen (secondary N) is 2. The number of nitrogens with zero attached hydrogens (tertiary/aromatic N) is 6. The summed E-state index contributed by atoms with van der Waals surface area (Å²) in [5.41, 5.74) is 9.05. The largest absolute Gasteiger partial charge is 0.382 e. The molecule has 0 bridgehead atoms. The van der Waals surface area contributed by atoms with Crippen molar-refractivity contribution in [1.82, 2.24) is 29.1 Å². The predicted molar refractivity (Wildman–Crippen MR) is 115 cm³/mol. The molecule has 0 fully saturated rings. The van der Waals surface area contributed by atoms with Gasteiger partial charge in [-0.3, -0.25) is 9.36 Å². The minimum atomic E-state index is -0.281. The second kappa shape index (κ2) is 7.39. The van der Waals surface area contributed by atoms with Crippen molar-refractivity contribution in [2.45, 2.75) is 20.4 Å². The number of aryl methyl sites for hydroxylation is 1. The topological polar surface area (TPSA) is 140 Å². The first-order chi connectivity index (χ1) is 14.4. The van der Waals surface area contributed by atoms with Gasteiger partial charge in [0, 0.05) is 7.05 Å². The maximum absolute atomic E-state index is 13.4. The van der Waals surface area contributed by atoms with Crippen LogP contribution in [0.1, 0.15) is 24.0 Å². The Morgan fingerprint density at radius 2 is 2.00 bits per heavy atom. The molecule has 4 rings (SSSR count). The Morgan fingerprint density at radius 1 is 1.23 bits per heavy atom. The number of nitrogen functional groups attached to an aromatic ring is 1. The highest BCUT2D eigenvalue weighted by Gasteiger charge is 2.20. The average Bonchev–Trinajstić information content (AvgIpc) is 3.13. The van der Waals surface area contributed by atoms with Crippen molar-refractivity contribution in [3.05, 3.63) is 64.4 Å². The molecule has 4 aromatic rings. The zero-order valence-corrected chi connectivity index (χ0v) is 16.8. The lowest BCUT2D eigenvalue weighted by Crippen LogP contribution is -2.30. The summed E-state index contributed by atoms with van der Waals surface area (Å²) >= 11 is 0. The highest BCUT2D eigenvalue weighted by molar-refractivity contribution is 5.99. The average molecular weight is 403 g/mol. The van der Waals surface area contributed by atoms with Crippen LogP contribution in [0, 0.1) is 12.3 Å². The third kappa shape index (κ3) is 3.08. The van der Waals surface area contributed by atoms with Crippen molar-refractivity contribution in [3.63, 3.8) is 0 Å². The van der Waals surface area contributed by atoms with Gasteiger partial charge in [0.2, 0.25) is 0 Å². The third-order valence-corrected chi connectivity index (χ3v) is 4.86. The number of hydrogen-bond donors (Lipinski definition) is 3. The van der Waals surface area contributed by atoms with Gasteiger partial charge in [0.25, 0.3) is 5.56 Å². The Kier molecular flexibility index (Phi) is 4.74. The van der Waals surface area contributed by atoms with Crippen molar-refractivity contribution in [2.24, 2.45) is 0 Å². The van der Waals surface area contributed by atoms with Crippen molar-refractivity contribution in [1.29, 1.82) is 5.41 Å². The summed E-state index contributed by atoms with van der Waals surface area (Å²) in [5, 5.41) is 11.0. The van der Waals surface area contributed by atoms with E-state index >= 15 is 0 Å². The first-order valence-corrected chi connectivity index (χ1v) is 9.29. The van der Waals surface area contributed by atoms with E-state index < -0.39 is 0 Å². The number of rotatable bonds is 5. The van der Waals surface area contributed by atoms with Gasteiger partial charge in [0.15, 0.2) is 11.5 Å². The van der Waals surface area contributed by atoms with Gasteiger partial charge >= 0.3 is 0 Å². The van der Waals surface area contributed by atoms with Gasteiger partial charge in [-0.15, -0.1) is 0 Å². The normalized spacial score (nSPS) is 11.0. The smallest absolute Gasteiger partial charge is 0.282 e. The molecule has 30 heavy (non-hydrogen) atoms. The number of hydrogen-bond acceptors (Lipinski definition) is 8. The molecular weight excluding hydrogens is 382 g/mol.